The van der Waals surface area contributed by atoms with Gasteiger partial charge in [0.05, 0.1) is 5.92 Å². The summed E-state index contributed by atoms with van der Waals surface area (Å²) in [6.07, 6.45) is 5.52. The molecule has 1 N–H and O–H groups in total. The molecular weight excluding hydrogens is 234 g/mol. The molecule has 2 atom stereocenters. The van der Waals surface area contributed by atoms with Gasteiger partial charge in [0.25, 0.3) is 0 Å². The van der Waals surface area contributed by atoms with E-state index in [1.54, 1.807) is 0 Å². The predicted molar refractivity (Wildman–Crippen MR) is 80.6 cm³/mol. The molecule has 2 rings (SSSR count). The van der Waals surface area contributed by atoms with Crippen molar-refractivity contribution < 1.29 is 4.79 Å². The number of para-hydroxylation sites is 1. The minimum Gasteiger partial charge on any atom is -0.384 e. The molecule has 0 radical (unpaired) electrons. The van der Waals surface area contributed by atoms with Crippen molar-refractivity contribution in [2.24, 2.45) is 5.92 Å². The van der Waals surface area contributed by atoms with Gasteiger partial charge in [0.1, 0.15) is 5.78 Å². The second-order valence-electron chi connectivity index (χ2n) is 5.61. The number of Topliss-reactive ketones (excluding diaryl/α,β-unsaturated/α-hetero) is 1. The average molecular weight is 259 g/mol. The van der Waals surface area contributed by atoms with Crippen molar-refractivity contribution in [1.82, 2.24) is 0 Å². The van der Waals surface area contributed by atoms with Crippen molar-refractivity contribution in [2.45, 2.75) is 51.9 Å². The summed E-state index contributed by atoms with van der Waals surface area (Å²) in [6.45, 7) is 5.20. The van der Waals surface area contributed by atoms with Crippen molar-refractivity contribution >= 4 is 11.5 Å². The lowest BCUT2D eigenvalue weighted by molar-refractivity contribution is -0.121. The van der Waals surface area contributed by atoms with Crippen LogP contribution in [0.15, 0.2) is 24.3 Å². The number of fused-ring (bicyclic) bond motifs is 1. The Hall–Kier alpha value is -1.31. The summed E-state index contributed by atoms with van der Waals surface area (Å²) in [6, 6.07) is 8.21. The number of anilines is 1. The summed E-state index contributed by atoms with van der Waals surface area (Å²) in [5.74, 6) is 1.06. The second kappa shape index (κ2) is 6.74. The number of unbranched alkanes of at least 4 members (excludes halogenated alkanes) is 1. The van der Waals surface area contributed by atoms with Crippen LogP contribution in [0.2, 0.25) is 0 Å². The summed E-state index contributed by atoms with van der Waals surface area (Å²) in [7, 11) is 0. The molecule has 1 aromatic rings. The second-order valence-corrected chi connectivity index (χ2v) is 5.61. The van der Waals surface area contributed by atoms with Crippen LogP contribution >= 0.6 is 0 Å². The molecule has 19 heavy (non-hydrogen) atoms. The highest BCUT2D eigenvalue weighted by Crippen LogP contribution is 2.33. The highest BCUT2D eigenvalue weighted by atomic mass is 16.1. The zero-order valence-corrected chi connectivity index (χ0v) is 12.1. The van der Waals surface area contributed by atoms with Gasteiger partial charge in [-0.1, -0.05) is 57.7 Å². The molecule has 2 unspecified atom stereocenters. The Morgan fingerprint density at radius 1 is 1.37 bits per heavy atom. The zero-order chi connectivity index (χ0) is 13.7. The SMILES string of the molecule is CCCCC(CC)CC(=O)C1CNc2ccccc21. The van der Waals surface area contributed by atoms with Gasteiger partial charge in [-0.2, -0.15) is 0 Å². The monoisotopic (exact) mass is 259 g/mol. The van der Waals surface area contributed by atoms with E-state index in [4.69, 9.17) is 0 Å². The van der Waals surface area contributed by atoms with Crippen LogP contribution in [0.25, 0.3) is 0 Å². The molecule has 0 aliphatic carbocycles. The standard InChI is InChI=1S/C17H25NO/c1-3-5-8-13(4-2)11-17(19)15-12-18-16-10-7-6-9-14(15)16/h6-7,9-10,13,15,18H,3-5,8,11-12H2,1-2H3. The number of nitrogens with one attached hydrogen (secondary N) is 1. The largest absolute Gasteiger partial charge is 0.384 e. The first-order chi connectivity index (χ1) is 9.26. The molecule has 0 spiro atoms. The molecule has 0 saturated carbocycles. The van der Waals surface area contributed by atoms with E-state index in [-0.39, 0.29) is 5.92 Å². The van der Waals surface area contributed by atoms with Crippen molar-refractivity contribution in [3.8, 4) is 0 Å². The number of ketones is 1. The topological polar surface area (TPSA) is 29.1 Å². The Morgan fingerprint density at radius 3 is 2.89 bits per heavy atom. The fraction of sp³-hybridized carbons (Fsp3) is 0.588. The van der Waals surface area contributed by atoms with Gasteiger partial charge in [-0.3, -0.25) is 4.79 Å². The normalized spacial score (nSPS) is 18.7. The molecule has 0 fully saturated rings. The minimum atomic E-state index is 0.0758. The van der Waals surface area contributed by atoms with E-state index in [0.29, 0.717) is 11.7 Å². The summed E-state index contributed by atoms with van der Waals surface area (Å²) >= 11 is 0. The van der Waals surface area contributed by atoms with Gasteiger partial charge in [0, 0.05) is 18.7 Å². The molecule has 104 valence electrons. The van der Waals surface area contributed by atoms with Crippen LogP contribution in [-0.2, 0) is 4.79 Å². The van der Waals surface area contributed by atoms with E-state index >= 15 is 0 Å². The molecule has 0 aromatic heterocycles. The molecule has 1 aliphatic rings. The Kier molecular flexibility index (Phi) is 5.00. The first-order valence-corrected chi connectivity index (χ1v) is 7.61. The zero-order valence-electron chi connectivity index (χ0n) is 12.1. The van der Waals surface area contributed by atoms with Crippen LogP contribution in [0, 0.1) is 5.92 Å². The van der Waals surface area contributed by atoms with Crippen LogP contribution < -0.4 is 5.32 Å². The van der Waals surface area contributed by atoms with Crippen molar-refractivity contribution in [3.05, 3.63) is 29.8 Å². The van der Waals surface area contributed by atoms with Crippen LogP contribution in [0.1, 0.15) is 57.4 Å². The Morgan fingerprint density at radius 2 is 2.16 bits per heavy atom. The van der Waals surface area contributed by atoms with E-state index < -0.39 is 0 Å². The molecular formula is C17H25NO. The fourth-order valence-electron chi connectivity index (χ4n) is 2.94. The minimum absolute atomic E-state index is 0.0758. The lowest BCUT2D eigenvalue weighted by atomic mass is 9.87. The van der Waals surface area contributed by atoms with Gasteiger partial charge in [0.15, 0.2) is 0 Å². The van der Waals surface area contributed by atoms with Crippen molar-refractivity contribution in [2.75, 3.05) is 11.9 Å². The molecule has 1 heterocycles. The highest BCUT2D eigenvalue weighted by Gasteiger charge is 2.28. The number of benzene rings is 1. The Bertz CT molecular complexity index is 427. The number of carbonyl (C=O) groups is 1. The fourth-order valence-corrected chi connectivity index (χ4v) is 2.94. The quantitative estimate of drug-likeness (QED) is 0.787. The van der Waals surface area contributed by atoms with Crippen LogP contribution in [0.5, 0.6) is 0 Å². The Labute approximate surface area is 116 Å². The lowest BCUT2D eigenvalue weighted by Crippen LogP contribution is -2.18. The van der Waals surface area contributed by atoms with Gasteiger partial charge in [-0.15, -0.1) is 0 Å². The van der Waals surface area contributed by atoms with Crippen LogP contribution in [-0.4, -0.2) is 12.3 Å². The predicted octanol–water partition coefficient (Wildman–Crippen LogP) is 4.37. The van der Waals surface area contributed by atoms with Gasteiger partial charge in [-0.25, -0.2) is 0 Å². The van der Waals surface area contributed by atoms with Gasteiger partial charge < -0.3 is 5.32 Å². The molecule has 2 heteroatoms. The smallest absolute Gasteiger partial charge is 0.142 e. The summed E-state index contributed by atoms with van der Waals surface area (Å²) in [5.41, 5.74) is 2.33. The third-order valence-electron chi connectivity index (χ3n) is 4.25. The molecule has 0 saturated heterocycles. The molecule has 0 amide bonds. The highest BCUT2D eigenvalue weighted by molar-refractivity contribution is 5.90. The Balaban J connectivity index is 1.97. The maximum atomic E-state index is 12.5. The van der Waals surface area contributed by atoms with E-state index in [1.165, 1.54) is 24.8 Å². The van der Waals surface area contributed by atoms with Gasteiger partial charge >= 0.3 is 0 Å². The number of hydrogen-bond donors (Lipinski definition) is 1. The summed E-state index contributed by atoms with van der Waals surface area (Å²) in [4.78, 5) is 12.5. The summed E-state index contributed by atoms with van der Waals surface area (Å²) in [5, 5.41) is 3.34. The first-order valence-electron chi connectivity index (χ1n) is 7.61. The number of hydrogen-bond acceptors (Lipinski definition) is 2. The van der Waals surface area contributed by atoms with Crippen LogP contribution in [0.3, 0.4) is 0 Å². The lowest BCUT2D eigenvalue weighted by Gasteiger charge is -2.16. The van der Waals surface area contributed by atoms with E-state index in [1.807, 2.05) is 12.1 Å². The first kappa shape index (κ1) is 14.1. The van der Waals surface area contributed by atoms with E-state index in [0.717, 1.165) is 25.1 Å². The third-order valence-corrected chi connectivity index (χ3v) is 4.25. The maximum absolute atomic E-state index is 12.5. The number of rotatable bonds is 7. The van der Waals surface area contributed by atoms with Crippen LogP contribution in [0.4, 0.5) is 5.69 Å². The molecule has 1 aliphatic heterocycles. The average Bonchev–Trinajstić information content (AvgIpc) is 2.87. The molecule has 2 nitrogen and oxygen atoms in total. The van der Waals surface area contributed by atoms with Gasteiger partial charge in [0.2, 0.25) is 0 Å². The molecule has 1 aromatic carbocycles. The number of carbonyl (C=O) groups excluding carboxylic acids is 1. The molecule has 0 bridgehead atoms. The summed E-state index contributed by atoms with van der Waals surface area (Å²) < 4.78 is 0. The van der Waals surface area contributed by atoms with Gasteiger partial charge in [-0.05, 0) is 17.5 Å². The van der Waals surface area contributed by atoms with E-state index in [9.17, 15) is 4.79 Å². The van der Waals surface area contributed by atoms with Crippen molar-refractivity contribution in [1.29, 1.82) is 0 Å². The van der Waals surface area contributed by atoms with E-state index in [2.05, 4.69) is 31.3 Å². The third kappa shape index (κ3) is 3.37. The maximum Gasteiger partial charge on any atom is 0.142 e. The van der Waals surface area contributed by atoms with Crippen molar-refractivity contribution in [3.63, 3.8) is 0 Å².